The molecule has 0 saturated carbocycles. The smallest absolute Gasteiger partial charge is 0.335 e. The van der Waals surface area contributed by atoms with Crippen molar-refractivity contribution < 1.29 is 9.90 Å². The van der Waals surface area contributed by atoms with Gasteiger partial charge >= 0.3 is 5.97 Å². The Hall–Kier alpha value is -2.62. The van der Waals surface area contributed by atoms with Crippen LogP contribution in [0.25, 0.3) is 0 Å². The van der Waals surface area contributed by atoms with E-state index in [-0.39, 0.29) is 11.1 Å². The van der Waals surface area contributed by atoms with E-state index in [1.165, 1.54) is 11.3 Å². The highest BCUT2D eigenvalue weighted by molar-refractivity contribution is 5.89. The van der Waals surface area contributed by atoms with Gasteiger partial charge in [-0.2, -0.15) is 0 Å². The highest BCUT2D eigenvalue weighted by Crippen LogP contribution is 2.42. The third-order valence-corrected chi connectivity index (χ3v) is 5.11. The number of hydrogen-bond acceptors (Lipinski definition) is 3. The molecule has 1 N–H and O–H groups in total. The van der Waals surface area contributed by atoms with Crippen LogP contribution in [0.1, 0.15) is 54.6 Å². The maximum Gasteiger partial charge on any atom is 0.335 e. The molecule has 0 spiro atoms. The van der Waals surface area contributed by atoms with Crippen molar-refractivity contribution in [1.82, 2.24) is 0 Å². The number of rotatable bonds is 3. The quantitative estimate of drug-likeness (QED) is 0.815. The molecule has 4 heteroatoms. The van der Waals surface area contributed by atoms with Gasteiger partial charge in [0, 0.05) is 24.5 Å². The number of fused-ring (bicyclic) bond motifs is 1. The molecular weight excluding hydrogens is 312 g/mol. The van der Waals surface area contributed by atoms with Crippen LogP contribution in [0.15, 0.2) is 47.5 Å². The Bertz CT molecular complexity index is 840. The maximum atomic E-state index is 11.1. The van der Waals surface area contributed by atoms with Crippen molar-refractivity contribution in [2.75, 3.05) is 11.9 Å². The number of benzene rings is 2. The molecule has 1 aliphatic rings. The highest BCUT2D eigenvalue weighted by atomic mass is 16.4. The molecule has 0 amide bonds. The van der Waals surface area contributed by atoms with Gasteiger partial charge in [0.1, 0.15) is 0 Å². The molecule has 130 valence electrons. The van der Waals surface area contributed by atoms with Gasteiger partial charge in [-0.05, 0) is 67.6 Å². The van der Waals surface area contributed by atoms with Crippen LogP contribution in [-0.4, -0.2) is 29.9 Å². The second-order valence-electron chi connectivity index (χ2n) is 7.41. The largest absolute Gasteiger partial charge is 0.478 e. The number of aromatic carboxylic acids is 1. The van der Waals surface area contributed by atoms with Crippen molar-refractivity contribution in [2.45, 2.75) is 38.6 Å². The predicted octanol–water partition coefficient (Wildman–Crippen LogP) is 4.86. The summed E-state index contributed by atoms with van der Waals surface area (Å²) in [6.07, 6.45) is 2.91. The van der Waals surface area contributed by atoms with E-state index >= 15 is 0 Å². The van der Waals surface area contributed by atoms with E-state index in [4.69, 9.17) is 5.11 Å². The summed E-state index contributed by atoms with van der Waals surface area (Å²) in [6, 6.07) is 13.1. The zero-order valence-electron chi connectivity index (χ0n) is 15.2. The first kappa shape index (κ1) is 17.2. The van der Waals surface area contributed by atoms with Gasteiger partial charge in [-0.3, -0.25) is 4.99 Å². The second-order valence-corrected chi connectivity index (χ2v) is 7.41. The Balaban J connectivity index is 1.89. The number of aliphatic imine (C=N–C) groups is 1. The van der Waals surface area contributed by atoms with Crippen molar-refractivity contribution >= 4 is 23.6 Å². The average molecular weight is 336 g/mol. The van der Waals surface area contributed by atoms with Crippen LogP contribution in [0, 0.1) is 0 Å². The molecule has 1 unspecified atom stereocenters. The molecule has 1 aliphatic heterocycles. The molecule has 0 saturated heterocycles. The van der Waals surface area contributed by atoms with Crippen LogP contribution >= 0.6 is 0 Å². The van der Waals surface area contributed by atoms with Crippen LogP contribution in [0.4, 0.5) is 11.4 Å². The van der Waals surface area contributed by atoms with Gasteiger partial charge in [-0.15, -0.1) is 0 Å². The fourth-order valence-corrected chi connectivity index (χ4v) is 3.54. The number of carboxylic acid groups (broad SMARTS) is 1. The standard InChI is InChI=1S/C21H24N2O2/c1-14-12-21(2,3)23(4)19-9-8-15(10-18(14)19)13-22-17-7-5-6-16(11-17)20(24)25/h5-11,13-14H,12H2,1-4H3,(H,24,25). The van der Waals surface area contributed by atoms with Crippen LogP contribution in [0.5, 0.6) is 0 Å². The molecule has 1 atom stereocenters. The predicted molar refractivity (Wildman–Crippen MR) is 103 cm³/mol. The summed E-state index contributed by atoms with van der Waals surface area (Å²) in [5.74, 6) is -0.449. The summed E-state index contributed by atoms with van der Waals surface area (Å²) >= 11 is 0. The van der Waals surface area contributed by atoms with E-state index in [1.54, 1.807) is 30.5 Å². The average Bonchev–Trinajstić information content (AvgIpc) is 2.58. The second kappa shape index (κ2) is 6.36. The van der Waals surface area contributed by atoms with Gasteiger partial charge in [0.05, 0.1) is 11.3 Å². The first-order valence-electron chi connectivity index (χ1n) is 8.53. The van der Waals surface area contributed by atoms with Gasteiger partial charge in [0.25, 0.3) is 0 Å². The lowest BCUT2D eigenvalue weighted by atomic mass is 9.80. The lowest BCUT2D eigenvalue weighted by molar-refractivity contribution is 0.0697. The minimum absolute atomic E-state index is 0.152. The van der Waals surface area contributed by atoms with E-state index < -0.39 is 5.97 Å². The van der Waals surface area contributed by atoms with E-state index in [2.05, 4.69) is 55.9 Å². The van der Waals surface area contributed by atoms with Crippen LogP contribution in [-0.2, 0) is 0 Å². The Kier molecular flexibility index (Phi) is 4.38. The van der Waals surface area contributed by atoms with E-state index in [1.807, 2.05) is 0 Å². The van der Waals surface area contributed by atoms with E-state index in [0.29, 0.717) is 11.6 Å². The first-order chi connectivity index (χ1) is 11.8. The van der Waals surface area contributed by atoms with Gasteiger partial charge in [-0.1, -0.05) is 19.1 Å². The highest BCUT2D eigenvalue weighted by Gasteiger charge is 2.33. The molecule has 0 aromatic heterocycles. The lowest BCUT2D eigenvalue weighted by Crippen LogP contribution is -2.45. The number of carbonyl (C=O) groups is 1. The number of anilines is 1. The Labute approximate surface area is 148 Å². The Morgan fingerprint density at radius 1 is 1.28 bits per heavy atom. The molecule has 2 aromatic carbocycles. The summed E-state index contributed by atoms with van der Waals surface area (Å²) in [4.78, 5) is 17.8. The van der Waals surface area contributed by atoms with Crippen LogP contribution < -0.4 is 4.90 Å². The molecule has 0 fully saturated rings. The minimum atomic E-state index is -0.940. The first-order valence-corrected chi connectivity index (χ1v) is 8.53. The zero-order valence-corrected chi connectivity index (χ0v) is 15.2. The van der Waals surface area contributed by atoms with Crippen molar-refractivity contribution in [1.29, 1.82) is 0 Å². The number of nitrogens with zero attached hydrogens (tertiary/aromatic N) is 2. The molecule has 0 radical (unpaired) electrons. The molecule has 4 nitrogen and oxygen atoms in total. The number of hydrogen-bond donors (Lipinski definition) is 1. The van der Waals surface area contributed by atoms with E-state index in [9.17, 15) is 4.79 Å². The molecule has 25 heavy (non-hydrogen) atoms. The summed E-state index contributed by atoms with van der Waals surface area (Å²) in [5.41, 5.74) is 4.68. The SMILES string of the molecule is CC1CC(C)(C)N(C)c2ccc(C=Nc3cccc(C(=O)O)c3)cc21. The van der Waals surface area contributed by atoms with Crippen LogP contribution in [0.2, 0.25) is 0 Å². The summed E-state index contributed by atoms with van der Waals surface area (Å²) in [7, 11) is 2.15. The molecule has 0 bridgehead atoms. The Morgan fingerprint density at radius 3 is 2.76 bits per heavy atom. The van der Waals surface area contributed by atoms with Gasteiger partial charge in [0.2, 0.25) is 0 Å². The van der Waals surface area contributed by atoms with Crippen molar-refractivity contribution in [3.63, 3.8) is 0 Å². The minimum Gasteiger partial charge on any atom is -0.478 e. The summed E-state index contributed by atoms with van der Waals surface area (Å²) in [6.45, 7) is 6.82. The van der Waals surface area contributed by atoms with Crippen molar-refractivity contribution in [3.05, 3.63) is 59.2 Å². The molecule has 3 rings (SSSR count). The molecule has 2 aromatic rings. The molecule has 0 aliphatic carbocycles. The zero-order chi connectivity index (χ0) is 18.2. The fraction of sp³-hybridized carbons (Fsp3) is 0.333. The summed E-state index contributed by atoms with van der Waals surface area (Å²) < 4.78 is 0. The fourth-order valence-electron chi connectivity index (χ4n) is 3.54. The topological polar surface area (TPSA) is 52.9 Å². The van der Waals surface area contributed by atoms with Gasteiger partial charge in [0.15, 0.2) is 0 Å². The van der Waals surface area contributed by atoms with Crippen LogP contribution in [0.3, 0.4) is 0 Å². The number of carboxylic acids is 1. The lowest BCUT2D eigenvalue weighted by Gasteiger charge is -2.45. The van der Waals surface area contributed by atoms with E-state index in [0.717, 1.165) is 12.0 Å². The molecule has 1 heterocycles. The van der Waals surface area contributed by atoms with Gasteiger partial charge < -0.3 is 10.0 Å². The third kappa shape index (κ3) is 3.43. The summed E-state index contributed by atoms with van der Waals surface area (Å²) in [5, 5.41) is 9.07. The normalized spacial score (nSPS) is 19.0. The Morgan fingerprint density at radius 2 is 2.04 bits per heavy atom. The maximum absolute atomic E-state index is 11.1. The van der Waals surface area contributed by atoms with Gasteiger partial charge in [-0.25, -0.2) is 4.79 Å². The monoisotopic (exact) mass is 336 g/mol. The molecular formula is C21H24N2O2. The van der Waals surface area contributed by atoms with Crippen molar-refractivity contribution in [2.24, 2.45) is 4.99 Å². The third-order valence-electron chi connectivity index (χ3n) is 5.11. The van der Waals surface area contributed by atoms with Crippen molar-refractivity contribution in [3.8, 4) is 0 Å².